The van der Waals surface area contributed by atoms with Crippen molar-refractivity contribution < 1.29 is 26.7 Å². The lowest BCUT2D eigenvalue weighted by Crippen LogP contribution is -2.09. The summed E-state index contributed by atoms with van der Waals surface area (Å²) < 4.78 is 34.1. The lowest BCUT2D eigenvalue weighted by molar-refractivity contribution is -0.139. The minimum absolute atomic E-state index is 0.242. The van der Waals surface area contributed by atoms with Gasteiger partial charge in [-0.05, 0) is 36.8 Å². The smallest absolute Gasteiger partial charge is 0.331 e. The van der Waals surface area contributed by atoms with Crippen LogP contribution < -0.4 is 4.18 Å². The van der Waals surface area contributed by atoms with Gasteiger partial charge in [0.25, 0.3) is 0 Å². The maximum Gasteiger partial charge on any atom is 0.331 e. The van der Waals surface area contributed by atoms with Crippen molar-refractivity contribution in [1.29, 1.82) is 0 Å². The standard InChI is InChI=1S/C15H14O6S2/c1-11-7-12(21-23(19)13-5-3-2-4-6-13)9-14(8-11)22(18)20-10-15(16)17/h2-9H,10H2,1H3,(H,16,17). The molecular formula is C15H14O6S2. The maximum absolute atomic E-state index is 12.1. The zero-order chi connectivity index (χ0) is 16.8. The van der Waals surface area contributed by atoms with Crippen molar-refractivity contribution in [3.05, 3.63) is 54.1 Å². The fraction of sp³-hybridized carbons (Fsp3) is 0.133. The van der Waals surface area contributed by atoms with Gasteiger partial charge in [-0.25, -0.2) is 13.2 Å². The van der Waals surface area contributed by atoms with Crippen LogP contribution in [0.2, 0.25) is 0 Å². The SMILES string of the molecule is Cc1cc(OS(=O)c2ccccc2)cc(S(=O)OCC(=O)O)c1. The third-order valence-electron chi connectivity index (χ3n) is 2.61. The molecule has 0 radical (unpaired) electrons. The Morgan fingerprint density at radius 3 is 2.39 bits per heavy atom. The van der Waals surface area contributed by atoms with Crippen LogP contribution in [0.15, 0.2) is 58.3 Å². The van der Waals surface area contributed by atoms with E-state index in [2.05, 4.69) is 0 Å². The summed E-state index contributed by atoms with van der Waals surface area (Å²) in [7, 11) is 0. The van der Waals surface area contributed by atoms with Crippen molar-refractivity contribution in [3.63, 3.8) is 0 Å². The monoisotopic (exact) mass is 354 g/mol. The molecular weight excluding hydrogens is 340 g/mol. The van der Waals surface area contributed by atoms with Crippen molar-refractivity contribution >= 4 is 28.1 Å². The Morgan fingerprint density at radius 2 is 1.74 bits per heavy atom. The summed E-state index contributed by atoms with van der Waals surface area (Å²) in [6, 6.07) is 13.2. The van der Waals surface area contributed by atoms with Crippen LogP contribution in [0.25, 0.3) is 0 Å². The summed E-state index contributed by atoms with van der Waals surface area (Å²) in [5.41, 5.74) is 0.717. The van der Waals surface area contributed by atoms with E-state index in [0.717, 1.165) is 5.56 Å². The Kier molecular flexibility index (Phi) is 6.03. The summed E-state index contributed by atoms with van der Waals surface area (Å²) >= 11 is -3.65. The van der Waals surface area contributed by atoms with E-state index in [-0.39, 0.29) is 10.6 Å². The van der Waals surface area contributed by atoms with Crippen LogP contribution in [-0.4, -0.2) is 26.1 Å². The summed E-state index contributed by atoms with van der Waals surface area (Å²) in [4.78, 5) is 11.2. The summed E-state index contributed by atoms with van der Waals surface area (Å²) in [6.07, 6.45) is 0. The minimum atomic E-state index is -1.94. The molecule has 0 saturated heterocycles. The molecule has 0 spiro atoms. The van der Waals surface area contributed by atoms with Crippen molar-refractivity contribution in [3.8, 4) is 5.75 Å². The van der Waals surface area contributed by atoms with E-state index in [9.17, 15) is 13.2 Å². The third-order valence-corrected chi connectivity index (χ3v) is 4.57. The molecule has 2 atom stereocenters. The number of hydrogen-bond donors (Lipinski definition) is 1. The van der Waals surface area contributed by atoms with E-state index in [1.807, 2.05) is 0 Å². The number of benzene rings is 2. The molecule has 0 aliphatic heterocycles. The molecule has 122 valence electrons. The van der Waals surface area contributed by atoms with Crippen LogP contribution in [0, 0.1) is 6.92 Å². The van der Waals surface area contributed by atoms with Crippen LogP contribution in [0.4, 0.5) is 0 Å². The van der Waals surface area contributed by atoms with Crippen LogP contribution in [0.3, 0.4) is 0 Å². The van der Waals surface area contributed by atoms with E-state index in [4.69, 9.17) is 13.5 Å². The van der Waals surface area contributed by atoms with E-state index >= 15 is 0 Å². The van der Waals surface area contributed by atoms with Gasteiger partial charge >= 0.3 is 5.97 Å². The average molecular weight is 354 g/mol. The molecule has 0 aromatic heterocycles. The largest absolute Gasteiger partial charge is 0.479 e. The van der Waals surface area contributed by atoms with Crippen LogP contribution >= 0.6 is 0 Å². The Balaban J connectivity index is 2.15. The van der Waals surface area contributed by atoms with E-state index in [1.165, 1.54) is 6.07 Å². The Hall–Kier alpha value is -2.03. The lowest BCUT2D eigenvalue weighted by atomic mass is 10.2. The highest BCUT2D eigenvalue weighted by Crippen LogP contribution is 2.22. The fourth-order valence-electron chi connectivity index (χ4n) is 1.70. The molecule has 6 nitrogen and oxygen atoms in total. The van der Waals surface area contributed by atoms with Gasteiger partial charge in [-0.1, -0.05) is 18.2 Å². The molecule has 1 N–H and O–H groups in total. The highest BCUT2D eigenvalue weighted by atomic mass is 32.2. The third kappa shape index (κ3) is 5.27. The summed E-state index contributed by atoms with van der Waals surface area (Å²) in [6.45, 7) is 1.07. The Labute approximate surface area is 138 Å². The molecule has 0 saturated carbocycles. The first kappa shape index (κ1) is 17.3. The predicted octanol–water partition coefficient (Wildman–Crippen LogP) is 2.22. The van der Waals surface area contributed by atoms with E-state index in [0.29, 0.717) is 4.90 Å². The summed E-state index contributed by atoms with van der Waals surface area (Å²) in [5.74, 6) is -0.956. The molecule has 0 bridgehead atoms. The van der Waals surface area contributed by atoms with Gasteiger partial charge < -0.3 is 9.29 Å². The van der Waals surface area contributed by atoms with Gasteiger partial charge in [-0.3, -0.25) is 4.18 Å². The van der Waals surface area contributed by atoms with Gasteiger partial charge in [0.15, 0.2) is 17.7 Å². The van der Waals surface area contributed by atoms with Gasteiger partial charge in [0.1, 0.15) is 5.75 Å². The van der Waals surface area contributed by atoms with Crippen LogP contribution in [0.5, 0.6) is 5.75 Å². The molecule has 0 amide bonds. The van der Waals surface area contributed by atoms with Crippen molar-refractivity contribution in [1.82, 2.24) is 0 Å². The first-order chi connectivity index (χ1) is 11.0. The van der Waals surface area contributed by atoms with Gasteiger partial charge in [0, 0.05) is 6.07 Å². The molecule has 2 aromatic rings. The van der Waals surface area contributed by atoms with Crippen LogP contribution in [-0.2, 0) is 31.1 Å². The quantitative estimate of drug-likeness (QED) is 0.820. The topological polar surface area (TPSA) is 89.9 Å². The van der Waals surface area contributed by atoms with Gasteiger partial charge in [0.05, 0.1) is 9.79 Å². The molecule has 0 fully saturated rings. The van der Waals surface area contributed by atoms with Crippen molar-refractivity contribution in [2.24, 2.45) is 0 Å². The number of aliphatic carboxylic acids is 1. The zero-order valence-electron chi connectivity index (χ0n) is 12.1. The highest BCUT2D eigenvalue weighted by Gasteiger charge is 2.12. The molecule has 0 aliphatic carbocycles. The predicted molar refractivity (Wildman–Crippen MR) is 84.7 cm³/mol. The van der Waals surface area contributed by atoms with Gasteiger partial charge in [-0.2, -0.15) is 0 Å². The van der Waals surface area contributed by atoms with Crippen LogP contribution in [0.1, 0.15) is 5.56 Å². The number of carboxylic acids is 1. The molecule has 2 aromatic carbocycles. The normalized spacial score (nSPS) is 13.3. The molecule has 2 rings (SSSR count). The van der Waals surface area contributed by atoms with Crippen molar-refractivity contribution in [2.45, 2.75) is 16.7 Å². The average Bonchev–Trinajstić information content (AvgIpc) is 2.52. The molecule has 0 aliphatic rings. The second-order valence-electron chi connectivity index (χ2n) is 4.50. The highest BCUT2D eigenvalue weighted by molar-refractivity contribution is 7.80. The molecule has 8 heteroatoms. The zero-order valence-corrected chi connectivity index (χ0v) is 13.8. The molecule has 2 unspecified atom stereocenters. The summed E-state index contributed by atoms with van der Waals surface area (Å²) in [5, 5.41) is 8.54. The molecule has 0 heterocycles. The second kappa shape index (κ2) is 8.00. The van der Waals surface area contributed by atoms with Gasteiger partial charge in [0.2, 0.25) is 11.1 Å². The van der Waals surface area contributed by atoms with Gasteiger partial charge in [-0.15, -0.1) is 0 Å². The number of hydrogen-bond acceptors (Lipinski definition) is 5. The second-order valence-corrected chi connectivity index (χ2v) is 6.79. The number of aryl methyl sites for hydroxylation is 1. The first-order valence-corrected chi connectivity index (χ1v) is 8.64. The first-order valence-electron chi connectivity index (χ1n) is 6.49. The number of rotatable bonds is 7. The minimum Gasteiger partial charge on any atom is -0.479 e. The number of carbonyl (C=O) groups is 1. The Bertz CT molecular complexity index is 745. The fourth-order valence-corrected chi connectivity index (χ4v) is 3.28. The van der Waals surface area contributed by atoms with E-state index in [1.54, 1.807) is 49.4 Å². The lowest BCUT2D eigenvalue weighted by Gasteiger charge is -2.08. The maximum atomic E-state index is 12.1. The Morgan fingerprint density at radius 1 is 1.04 bits per heavy atom. The number of carboxylic acid groups (broad SMARTS) is 1. The van der Waals surface area contributed by atoms with E-state index < -0.39 is 34.7 Å². The molecule has 23 heavy (non-hydrogen) atoms. The van der Waals surface area contributed by atoms with Crippen molar-refractivity contribution in [2.75, 3.05) is 6.61 Å².